The van der Waals surface area contributed by atoms with E-state index in [4.69, 9.17) is 9.15 Å². The number of benzene rings is 1. The molecule has 0 unspecified atom stereocenters. The molecule has 0 saturated heterocycles. The van der Waals surface area contributed by atoms with Crippen molar-refractivity contribution in [3.05, 3.63) is 36.4 Å². The number of hydrogen-bond acceptors (Lipinski definition) is 4. The third-order valence-corrected chi connectivity index (χ3v) is 2.55. The minimum absolute atomic E-state index is 0. The molecule has 0 radical (unpaired) electrons. The van der Waals surface area contributed by atoms with Crippen molar-refractivity contribution in [2.24, 2.45) is 0 Å². The van der Waals surface area contributed by atoms with Crippen LogP contribution in [0.2, 0.25) is 0 Å². The van der Waals surface area contributed by atoms with Crippen molar-refractivity contribution in [2.45, 2.75) is 14.4 Å². The number of hydrogen-bond donors (Lipinski definition) is 0. The predicted octanol–water partition coefficient (Wildman–Crippen LogP) is 3.23. The molecule has 4 heteroatoms. The van der Waals surface area contributed by atoms with Gasteiger partial charge in [-0.1, -0.05) is 19.6 Å². The molecule has 0 aliphatic rings. The van der Waals surface area contributed by atoms with Crippen LogP contribution in [0.25, 0.3) is 11.3 Å². The maximum absolute atomic E-state index is 5.68. The summed E-state index contributed by atoms with van der Waals surface area (Å²) in [4.78, 5) is 6.18. The Morgan fingerprint density at radius 2 is 2.11 bits per heavy atom. The highest BCUT2D eigenvalue weighted by Crippen LogP contribution is 2.24. The third-order valence-electron chi connectivity index (χ3n) is 2.55. The Bertz CT molecular complexity index is 506. The molecule has 0 N–H and O–H groups in total. The molecule has 4 nitrogen and oxygen atoms in total. The smallest absolute Gasteiger partial charge is 0.191 e. The molecule has 1 aromatic heterocycles. The number of rotatable bonds is 5. The minimum atomic E-state index is 0. The quantitative estimate of drug-likeness (QED) is 0.829. The summed E-state index contributed by atoms with van der Waals surface area (Å²) in [5.41, 5.74) is 0.984. The van der Waals surface area contributed by atoms with Crippen LogP contribution >= 0.6 is 0 Å². The molecule has 0 fully saturated rings. The van der Waals surface area contributed by atoms with Crippen LogP contribution in [0, 0.1) is 6.92 Å². The average Bonchev–Trinajstić information content (AvgIpc) is 2.76. The van der Waals surface area contributed by atoms with E-state index in [-0.39, 0.29) is 7.43 Å². The maximum Gasteiger partial charge on any atom is 0.191 e. The number of aryl methyl sites for hydroxylation is 1. The van der Waals surface area contributed by atoms with Crippen LogP contribution in [0.5, 0.6) is 5.75 Å². The van der Waals surface area contributed by atoms with Gasteiger partial charge < -0.3 is 14.1 Å². The molecule has 0 aliphatic carbocycles. The van der Waals surface area contributed by atoms with Gasteiger partial charge in [0.2, 0.25) is 0 Å². The van der Waals surface area contributed by atoms with E-state index >= 15 is 0 Å². The summed E-state index contributed by atoms with van der Waals surface area (Å²) >= 11 is 0. The zero-order valence-corrected chi connectivity index (χ0v) is 11.0. The standard InChI is InChI=1S/C14H18N2O2.CH4/c1-11-15-10-14(18-11)12-5-4-6-13(9-12)17-8-7-16(2)3;/h4-6,9-10H,7-8H2,1-3H3;1H4. The Kier molecular flexibility index (Phi) is 5.57. The second-order valence-corrected chi connectivity index (χ2v) is 4.42. The van der Waals surface area contributed by atoms with Gasteiger partial charge in [0, 0.05) is 19.0 Å². The molecule has 104 valence electrons. The van der Waals surface area contributed by atoms with Crippen LogP contribution < -0.4 is 4.74 Å². The number of likely N-dealkylation sites (N-methyl/N-ethyl adjacent to an activating group) is 1. The summed E-state index contributed by atoms with van der Waals surface area (Å²) in [5, 5.41) is 0. The number of nitrogens with zero attached hydrogens (tertiary/aromatic N) is 2. The van der Waals surface area contributed by atoms with Crippen LogP contribution in [0.15, 0.2) is 34.9 Å². The molecule has 0 aliphatic heterocycles. The lowest BCUT2D eigenvalue weighted by atomic mass is 10.2. The fourth-order valence-electron chi connectivity index (χ4n) is 1.58. The van der Waals surface area contributed by atoms with Crippen LogP contribution in [0.4, 0.5) is 0 Å². The molecular weight excluding hydrogens is 240 g/mol. The normalized spacial score (nSPS) is 10.3. The van der Waals surface area contributed by atoms with Gasteiger partial charge in [-0.3, -0.25) is 0 Å². The number of aromatic nitrogens is 1. The van der Waals surface area contributed by atoms with E-state index in [1.165, 1.54) is 0 Å². The van der Waals surface area contributed by atoms with Crippen molar-refractivity contribution in [3.63, 3.8) is 0 Å². The highest BCUT2D eigenvalue weighted by molar-refractivity contribution is 5.58. The summed E-state index contributed by atoms with van der Waals surface area (Å²) < 4.78 is 11.2. The fraction of sp³-hybridized carbons (Fsp3) is 0.400. The topological polar surface area (TPSA) is 38.5 Å². The minimum Gasteiger partial charge on any atom is -0.492 e. The lowest BCUT2D eigenvalue weighted by molar-refractivity contribution is 0.261. The highest BCUT2D eigenvalue weighted by Gasteiger charge is 2.05. The van der Waals surface area contributed by atoms with Crippen LogP contribution in [-0.2, 0) is 0 Å². The molecule has 0 atom stereocenters. The molecule has 19 heavy (non-hydrogen) atoms. The first-order valence-corrected chi connectivity index (χ1v) is 5.95. The molecule has 1 aromatic carbocycles. The Morgan fingerprint density at radius 3 is 2.74 bits per heavy atom. The van der Waals surface area contributed by atoms with Crippen molar-refractivity contribution >= 4 is 0 Å². The van der Waals surface area contributed by atoms with Crippen molar-refractivity contribution in [3.8, 4) is 17.1 Å². The largest absolute Gasteiger partial charge is 0.492 e. The maximum atomic E-state index is 5.68. The first-order valence-electron chi connectivity index (χ1n) is 5.95. The second-order valence-electron chi connectivity index (χ2n) is 4.42. The number of ether oxygens (including phenoxy) is 1. The summed E-state index contributed by atoms with van der Waals surface area (Å²) in [6.45, 7) is 3.40. The van der Waals surface area contributed by atoms with E-state index < -0.39 is 0 Å². The fourth-order valence-corrected chi connectivity index (χ4v) is 1.58. The van der Waals surface area contributed by atoms with Gasteiger partial charge in [0.25, 0.3) is 0 Å². The Labute approximate surface area is 115 Å². The zero-order chi connectivity index (χ0) is 13.0. The lowest BCUT2D eigenvalue weighted by Gasteiger charge is -2.11. The van der Waals surface area contributed by atoms with Gasteiger partial charge in [0.1, 0.15) is 12.4 Å². The van der Waals surface area contributed by atoms with E-state index in [9.17, 15) is 0 Å². The van der Waals surface area contributed by atoms with Gasteiger partial charge in [-0.05, 0) is 26.2 Å². The van der Waals surface area contributed by atoms with E-state index in [0.29, 0.717) is 12.5 Å². The molecule has 2 rings (SSSR count). The third kappa shape index (κ3) is 4.41. The van der Waals surface area contributed by atoms with Crippen LogP contribution in [0.1, 0.15) is 13.3 Å². The average molecular weight is 262 g/mol. The summed E-state index contributed by atoms with van der Waals surface area (Å²) in [7, 11) is 4.05. The van der Waals surface area contributed by atoms with E-state index in [2.05, 4.69) is 9.88 Å². The molecule has 0 bridgehead atoms. The molecular formula is C15H22N2O2. The SMILES string of the molecule is C.Cc1ncc(-c2cccc(OCCN(C)C)c2)o1. The summed E-state index contributed by atoms with van der Waals surface area (Å²) in [6, 6.07) is 7.86. The molecule has 0 saturated carbocycles. The van der Waals surface area contributed by atoms with Crippen LogP contribution in [-0.4, -0.2) is 37.1 Å². The monoisotopic (exact) mass is 262 g/mol. The van der Waals surface area contributed by atoms with E-state index in [1.54, 1.807) is 6.20 Å². The first kappa shape index (κ1) is 15.2. The Morgan fingerprint density at radius 1 is 1.32 bits per heavy atom. The molecule has 1 heterocycles. The van der Waals surface area contributed by atoms with Gasteiger partial charge in [-0.25, -0.2) is 4.98 Å². The second kappa shape index (κ2) is 6.95. The van der Waals surface area contributed by atoms with Gasteiger partial charge >= 0.3 is 0 Å². The molecule has 0 amide bonds. The van der Waals surface area contributed by atoms with Crippen molar-refractivity contribution in [2.75, 3.05) is 27.2 Å². The zero-order valence-electron chi connectivity index (χ0n) is 11.0. The van der Waals surface area contributed by atoms with Gasteiger partial charge in [0.05, 0.1) is 6.20 Å². The predicted molar refractivity (Wildman–Crippen MR) is 77.5 cm³/mol. The Balaban J connectivity index is 0.00000180. The van der Waals surface area contributed by atoms with Gasteiger partial charge in [0.15, 0.2) is 11.7 Å². The lowest BCUT2D eigenvalue weighted by Crippen LogP contribution is -2.19. The number of oxazole rings is 1. The Hall–Kier alpha value is -1.81. The van der Waals surface area contributed by atoms with E-state index in [0.717, 1.165) is 23.6 Å². The van der Waals surface area contributed by atoms with Crippen LogP contribution in [0.3, 0.4) is 0 Å². The molecule has 0 spiro atoms. The van der Waals surface area contributed by atoms with E-state index in [1.807, 2.05) is 45.3 Å². The summed E-state index contributed by atoms with van der Waals surface area (Å²) in [5.74, 6) is 2.29. The van der Waals surface area contributed by atoms with Gasteiger partial charge in [-0.15, -0.1) is 0 Å². The summed E-state index contributed by atoms with van der Waals surface area (Å²) in [6.07, 6.45) is 1.73. The first-order chi connectivity index (χ1) is 8.65. The highest BCUT2D eigenvalue weighted by atomic mass is 16.5. The van der Waals surface area contributed by atoms with Gasteiger partial charge in [-0.2, -0.15) is 0 Å². The van der Waals surface area contributed by atoms with Crippen molar-refractivity contribution < 1.29 is 9.15 Å². The molecule has 2 aromatic rings. The van der Waals surface area contributed by atoms with Crippen molar-refractivity contribution in [1.82, 2.24) is 9.88 Å². The van der Waals surface area contributed by atoms with Crippen molar-refractivity contribution in [1.29, 1.82) is 0 Å².